The first-order valence-corrected chi connectivity index (χ1v) is 10.6. The van der Waals surface area contributed by atoms with Crippen LogP contribution in [0.2, 0.25) is 0 Å². The predicted molar refractivity (Wildman–Crippen MR) is 120 cm³/mol. The van der Waals surface area contributed by atoms with E-state index in [1.165, 1.54) is 18.5 Å². The van der Waals surface area contributed by atoms with Gasteiger partial charge < -0.3 is 15.6 Å². The number of halogens is 1. The van der Waals surface area contributed by atoms with Crippen molar-refractivity contribution in [2.45, 2.75) is 44.2 Å². The van der Waals surface area contributed by atoms with Gasteiger partial charge in [-0.25, -0.2) is 19.0 Å². The summed E-state index contributed by atoms with van der Waals surface area (Å²) in [5, 5.41) is 15.9. The Kier molecular flexibility index (Phi) is 5.01. The number of aromatic nitrogens is 4. The lowest BCUT2D eigenvalue weighted by Gasteiger charge is -2.33. The Bertz CT molecular complexity index is 1240. The molecule has 0 aliphatic heterocycles. The minimum Gasteiger partial charge on any atom is -0.457 e. The summed E-state index contributed by atoms with van der Waals surface area (Å²) in [5.74, 6) is 1.25. The van der Waals surface area contributed by atoms with E-state index in [2.05, 4.69) is 9.97 Å². The first-order chi connectivity index (χ1) is 15.4. The molecule has 7 nitrogen and oxygen atoms in total. The molecule has 5 rings (SSSR count). The molecule has 2 heterocycles. The molecule has 1 aliphatic carbocycles. The van der Waals surface area contributed by atoms with E-state index in [-0.39, 0.29) is 11.9 Å². The lowest BCUT2D eigenvalue weighted by Crippen LogP contribution is -2.31. The molecule has 0 spiro atoms. The fourth-order valence-corrected chi connectivity index (χ4v) is 4.24. The van der Waals surface area contributed by atoms with E-state index in [9.17, 15) is 9.50 Å². The maximum Gasteiger partial charge on any atom is 0.164 e. The summed E-state index contributed by atoms with van der Waals surface area (Å²) in [4.78, 5) is 8.65. The van der Waals surface area contributed by atoms with Crippen molar-refractivity contribution in [3.05, 3.63) is 60.7 Å². The maximum absolute atomic E-state index is 13.1. The number of hydrogen-bond donors (Lipinski definition) is 2. The summed E-state index contributed by atoms with van der Waals surface area (Å²) in [6.07, 6.45) is 4.52. The van der Waals surface area contributed by atoms with Gasteiger partial charge in [-0.3, -0.25) is 0 Å². The van der Waals surface area contributed by atoms with Crippen molar-refractivity contribution in [2.75, 3.05) is 5.73 Å². The van der Waals surface area contributed by atoms with E-state index in [1.54, 1.807) is 12.1 Å². The number of nitrogens with two attached hydrogens (primary N) is 1. The average molecular weight is 433 g/mol. The van der Waals surface area contributed by atoms with Crippen LogP contribution in [0.4, 0.5) is 10.2 Å². The normalized spacial score (nSPS) is 21.0. The van der Waals surface area contributed by atoms with Crippen molar-refractivity contribution in [1.82, 2.24) is 19.7 Å². The SMILES string of the molecule is CC1(O)CCC(n2nc(-c3ccc(Oc4ccc(F)cc4)cc3)c3c(N)ncnc32)CC1. The second kappa shape index (κ2) is 7.87. The van der Waals surface area contributed by atoms with E-state index in [0.29, 0.717) is 41.5 Å². The quantitative estimate of drug-likeness (QED) is 0.476. The zero-order chi connectivity index (χ0) is 22.3. The molecule has 164 valence electrons. The van der Waals surface area contributed by atoms with Crippen molar-refractivity contribution < 1.29 is 14.2 Å². The molecule has 0 radical (unpaired) electrons. The van der Waals surface area contributed by atoms with Crippen LogP contribution in [0.1, 0.15) is 38.6 Å². The third-order valence-electron chi connectivity index (χ3n) is 6.07. The number of fused-ring (bicyclic) bond motifs is 1. The number of anilines is 1. The first-order valence-electron chi connectivity index (χ1n) is 10.6. The molecule has 0 atom stereocenters. The molecule has 0 unspecified atom stereocenters. The second-order valence-corrected chi connectivity index (χ2v) is 8.56. The van der Waals surface area contributed by atoms with Crippen LogP contribution >= 0.6 is 0 Å². The Labute approximate surface area is 184 Å². The minimum absolute atomic E-state index is 0.141. The molecular formula is C24H24FN5O2. The van der Waals surface area contributed by atoms with Gasteiger partial charge in [-0.2, -0.15) is 5.10 Å². The van der Waals surface area contributed by atoms with Gasteiger partial charge in [0.15, 0.2) is 5.65 Å². The number of rotatable bonds is 4. The van der Waals surface area contributed by atoms with Gasteiger partial charge in [0.25, 0.3) is 0 Å². The topological polar surface area (TPSA) is 99.1 Å². The average Bonchev–Trinajstić information content (AvgIpc) is 3.17. The third kappa shape index (κ3) is 3.89. The lowest BCUT2D eigenvalue weighted by atomic mass is 9.84. The minimum atomic E-state index is -0.628. The Morgan fingerprint density at radius 2 is 1.66 bits per heavy atom. The van der Waals surface area contributed by atoms with Gasteiger partial charge in [-0.05, 0) is 81.1 Å². The molecule has 8 heteroatoms. The molecule has 0 amide bonds. The van der Waals surface area contributed by atoms with Gasteiger partial charge in [0, 0.05) is 5.56 Å². The molecule has 0 saturated heterocycles. The van der Waals surface area contributed by atoms with Crippen molar-refractivity contribution >= 4 is 16.9 Å². The van der Waals surface area contributed by atoms with Crippen LogP contribution in [-0.2, 0) is 0 Å². The van der Waals surface area contributed by atoms with E-state index < -0.39 is 5.60 Å². The fraction of sp³-hybridized carbons (Fsp3) is 0.292. The van der Waals surface area contributed by atoms with Gasteiger partial charge in [-0.1, -0.05) is 0 Å². The summed E-state index contributed by atoms with van der Waals surface area (Å²) in [5.41, 5.74) is 7.87. The Morgan fingerprint density at radius 3 is 2.31 bits per heavy atom. The maximum atomic E-state index is 13.1. The molecule has 1 fully saturated rings. The smallest absolute Gasteiger partial charge is 0.164 e. The molecule has 0 bridgehead atoms. The highest BCUT2D eigenvalue weighted by molar-refractivity contribution is 5.98. The Balaban J connectivity index is 1.48. The lowest BCUT2D eigenvalue weighted by molar-refractivity contribution is 0.00900. The van der Waals surface area contributed by atoms with Crippen LogP contribution < -0.4 is 10.5 Å². The predicted octanol–water partition coefficient (Wildman–Crippen LogP) is 4.87. The summed E-state index contributed by atoms with van der Waals surface area (Å²) in [6, 6.07) is 13.5. The van der Waals surface area contributed by atoms with E-state index in [1.807, 2.05) is 35.9 Å². The zero-order valence-corrected chi connectivity index (χ0v) is 17.7. The van der Waals surface area contributed by atoms with Crippen LogP contribution in [-0.4, -0.2) is 30.5 Å². The number of benzene rings is 2. The van der Waals surface area contributed by atoms with Gasteiger partial charge in [-0.15, -0.1) is 0 Å². The van der Waals surface area contributed by atoms with Gasteiger partial charge in [0.1, 0.15) is 35.2 Å². The summed E-state index contributed by atoms with van der Waals surface area (Å²) in [7, 11) is 0. The highest BCUT2D eigenvalue weighted by Gasteiger charge is 2.31. The molecule has 1 saturated carbocycles. The monoisotopic (exact) mass is 433 g/mol. The summed E-state index contributed by atoms with van der Waals surface area (Å²) in [6.45, 7) is 1.88. The third-order valence-corrected chi connectivity index (χ3v) is 6.07. The van der Waals surface area contributed by atoms with Crippen molar-refractivity contribution in [3.8, 4) is 22.8 Å². The molecule has 32 heavy (non-hydrogen) atoms. The number of nitrogens with zero attached hydrogens (tertiary/aromatic N) is 4. The van der Waals surface area contributed by atoms with Gasteiger partial charge in [0.05, 0.1) is 17.0 Å². The fourth-order valence-electron chi connectivity index (χ4n) is 4.24. The van der Waals surface area contributed by atoms with Crippen molar-refractivity contribution in [1.29, 1.82) is 0 Å². The van der Waals surface area contributed by atoms with Crippen LogP contribution in [0.15, 0.2) is 54.9 Å². The number of hydrogen-bond acceptors (Lipinski definition) is 6. The van der Waals surface area contributed by atoms with Crippen molar-refractivity contribution in [2.24, 2.45) is 0 Å². The van der Waals surface area contributed by atoms with Gasteiger partial charge in [0.2, 0.25) is 0 Å². The Hall–Kier alpha value is -3.52. The number of nitrogen functional groups attached to an aromatic ring is 1. The Morgan fingerprint density at radius 1 is 1.03 bits per heavy atom. The van der Waals surface area contributed by atoms with E-state index in [0.717, 1.165) is 23.8 Å². The summed E-state index contributed by atoms with van der Waals surface area (Å²) < 4.78 is 20.8. The van der Waals surface area contributed by atoms with E-state index >= 15 is 0 Å². The standard InChI is InChI=1S/C24H24FN5O2/c1-24(31)12-10-17(11-13-24)30-23-20(22(26)27-14-28-23)21(29-30)15-2-6-18(7-3-15)32-19-8-4-16(25)5-9-19/h2-9,14,17,31H,10-13H2,1H3,(H2,26,27,28). The molecule has 2 aromatic carbocycles. The zero-order valence-electron chi connectivity index (χ0n) is 17.7. The number of ether oxygens (including phenoxy) is 1. The molecule has 2 aromatic heterocycles. The van der Waals surface area contributed by atoms with Crippen LogP contribution in [0.3, 0.4) is 0 Å². The largest absolute Gasteiger partial charge is 0.457 e. The number of aliphatic hydroxyl groups is 1. The van der Waals surface area contributed by atoms with Crippen LogP contribution in [0, 0.1) is 5.82 Å². The molecule has 3 N–H and O–H groups in total. The van der Waals surface area contributed by atoms with Crippen molar-refractivity contribution in [3.63, 3.8) is 0 Å². The molecular weight excluding hydrogens is 409 g/mol. The highest BCUT2D eigenvalue weighted by Crippen LogP contribution is 2.39. The van der Waals surface area contributed by atoms with Gasteiger partial charge >= 0.3 is 0 Å². The van der Waals surface area contributed by atoms with Crippen LogP contribution in [0.5, 0.6) is 11.5 Å². The summed E-state index contributed by atoms with van der Waals surface area (Å²) >= 11 is 0. The van der Waals surface area contributed by atoms with Crippen LogP contribution in [0.25, 0.3) is 22.3 Å². The van der Waals surface area contributed by atoms with E-state index in [4.69, 9.17) is 15.6 Å². The molecule has 1 aliphatic rings. The second-order valence-electron chi connectivity index (χ2n) is 8.56. The highest BCUT2D eigenvalue weighted by atomic mass is 19.1. The molecule has 4 aromatic rings. The first kappa shape index (κ1) is 20.4.